The fraction of sp³-hybridized carbons (Fsp3) is 0.286. The van der Waals surface area contributed by atoms with Gasteiger partial charge in [0.15, 0.2) is 0 Å². The van der Waals surface area contributed by atoms with Crippen molar-refractivity contribution in [3.63, 3.8) is 0 Å². The van der Waals surface area contributed by atoms with Gasteiger partial charge in [0.2, 0.25) is 11.7 Å². The second-order valence-corrected chi connectivity index (χ2v) is 6.99. The number of carbonyl (C=O) groups excluding carboxylic acids is 1. The quantitative estimate of drug-likeness (QED) is 0.457. The molecule has 0 bridgehead atoms. The molecule has 3 rings (SSSR count). The highest BCUT2D eigenvalue weighted by Crippen LogP contribution is 2.32. The third-order valence-corrected chi connectivity index (χ3v) is 4.24. The predicted molar refractivity (Wildman–Crippen MR) is 113 cm³/mol. The van der Waals surface area contributed by atoms with Gasteiger partial charge in [0, 0.05) is 43.4 Å². The zero-order chi connectivity index (χ0) is 24.2. The molecule has 3 aromatic rings. The van der Waals surface area contributed by atoms with E-state index in [0.29, 0.717) is 36.0 Å². The number of aromatic nitrogens is 4. The molecule has 0 aliphatic heterocycles. The number of alkyl halides is 4. The number of anilines is 3. The molecule has 0 spiro atoms. The van der Waals surface area contributed by atoms with Crippen molar-refractivity contribution < 1.29 is 27.1 Å². The Morgan fingerprint density at radius 3 is 2.45 bits per heavy atom. The number of hydrogen-bond donors (Lipinski definition) is 2. The first kappa shape index (κ1) is 23.8. The smallest absolute Gasteiger partial charge is 0.387 e. The highest BCUT2D eigenvalue weighted by molar-refractivity contribution is 5.89. The summed E-state index contributed by atoms with van der Waals surface area (Å²) in [5, 5.41) is 5.48. The van der Waals surface area contributed by atoms with Crippen molar-refractivity contribution in [2.24, 2.45) is 0 Å². The monoisotopic (exact) mass is 464 g/mol. The van der Waals surface area contributed by atoms with Crippen LogP contribution < -0.4 is 15.4 Å². The fourth-order valence-corrected chi connectivity index (χ4v) is 2.80. The molecule has 0 fully saturated rings. The van der Waals surface area contributed by atoms with Crippen LogP contribution in [0.15, 0.2) is 36.7 Å². The molecule has 0 aromatic carbocycles. The minimum Gasteiger partial charge on any atom is -0.433 e. The molecule has 0 saturated heterocycles. The first-order chi connectivity index (χ1) is 15.5. The van der Waals surface area contributed by atoms with Gasteiger partial charge in [-0.25, -0.2) is 15.0 Å². The summed E-state index contributed by atoms with van der Waals surface area (Å²) in [6, 6.07) is 5.72. The molecule has 8 nitrogen and oxygen atoms in total. The van der Waals surface area contributed by atoms with Crippen LogP contribution in [0, 0.1) is 0 Å². The number of rotatable bonds is 8. The van der Waals surface area contributed by atoms with E-state index in [9.17, 15) is 22.4 Å². The van der Waals surface area contributed by atoms with Gasteiger partial charge in [-0.1, -0.05) is 6.92 Å². The summed E-state index contributed by atoms with van der Waals surface area (Å²) in [7, 11) is 0. The maximum absolute atomic E-state index is 13.9. The number of hydrogen-bond acceptors (Lipinski definition) is 7. The van der Waals surface area contributed by atoms with Crippen molar-refractivity contribution in [1.82, 2.24) is 19.9 Å². The van der Waals surface area contributed by atoms with Gasteiger partial charge in [-0.3, -0.25) is 9.78 Å². The van der Waals surface area contributed by atoms with E-state index in [0.717, 1.165) is 6.20 Å². The van der Waals surface area contributed by atoms with Crippen LogP contribution in [0.5, 0.6) is 5.75 Å². The van der Waals surface area contributed by atoms with Gasteiger partial charge in [0.25, 0.3) is 0 Å². The minimum atomic E-state index is -3.26. The average molecular weight is 464 g/mol. The van der Waals surface area contributed by atoms with Crippen molar-refractivity contribution >= 4 is 23.2 Å². The molecule has 0 atom stereocenters. The van der Waals surface area contributed by atoms with Crippen LogP contribution in [0.2, 0.25) is 0 Å². The molecular formula is C21H20F4N6O2. The standard InChI is InChI=1S/C21H20F4N6O2/c1-4-12-7-18(31-19(29-12)21(3,24)25)30-16-8-17(28-11(2)32)27-10-14(16)15-6-5-13(9-26-15)33-20(22)23/h5-10,20H,4H2,1-3H3,(H2,27,28,29,30,31,32). The molecule has 33 heavy (non-hydrogen) atoms. The Morgan fingerprint density at radius 2 is 1.88 bits per heavy atom. The molecule has 0 aliphatic carbocycles. The maximum atomic E-state index is 13.9. The number of ether oxygens (including phenoxy) is 1. The van der Waals surface area contributed by atoms with Crippen LogP contribution in [0.25, 0.3) is 11.3 Å². The van der Waals surface area contributed by atoms with Gasteiger partial charge in [-0.15, -0.1) is 0 Å². The zero-order valence-corrected chi connectivity index (χ0v) is 17.9. The predicted octanol–water partition coefficient (Wildman–Crippen LogP) is 4.91. The lowest BCUT2D eigenvalue weighted by atomic mass is 10.1. The number of nitrogens with zero attached hydrogens (tertiary/aromatic N) is 4. The summed E-state index contributed by atoms with van der Waals surface area (Å²) in [6.45, 7) is 0.777. The van der Waals surface area contributed by atoms with E-state index < -0.39 is 18.4 Å². The van der Waals surface area contributed by atoms with E-state index in [1.807, 2.05) is 0 Å². The summed E-state index contributed by atoms with van der Waals surface area (Å²) in [6.07, 6.45) is 2.90. The van der Waals surface area contributed by atoms with Gasteiger partial charge >= 0.3 is 12.5 Å². The third-order valence-electron chi connectivity index (χ3n) is 4.24. The maximum Gasteiger partial charge on any atom is 0.387 e. The van der Waals surface area contributed by atoms with Gasteiger partial charge in [0.1, 0.15) is 17.4 Å². The van der Waals surface area contributed by atoms with Gasteiger partial charge in [0.05, 0.1) is 17.6 Å². The van der Waals surface area contributed by atoms with Crippen molar-refractivity contribution in [2.45, 2.75) is 39.7 Å². The SMILES string of the molecule is CCc1cc(Nc2cc(NC(C)=O)ncc2-c2ccc(OC(F)F)cn2)nc(C(C)(F)F)n1. The number of aryl methyl sites for hydroxylation is 1. The number of nitrogens with one attached hydrogen (secondary N) is 2. The third kappa shape index (κ3) is 6.34. The molecule has 3 aromatic heterocycles. The largest absolute Gasteiger partial charge is 0.433 e. The van der Waals surface area contributed by atoms with Gasteiger partial charge in [-0.2, -0.15) is 17.6 Å². The van der Waals surface area contributed by atoms with E-state index in [1.54, 1.807) is 6.92 Å². The first-order valence-electron chi connectivity index (χ1n) is 9.77. The molecule has 12 heteroatoms. The van der Waals surface area contributed by atoms with Crippen LogP contribution in [0.3, 0.4) is 0 Å². The number of halogens is 4. The molecule has 1 amide bonds. The Morgan fingerprint density at radius 1 is 1.12 bits per heavy atom. The van der Waals surface area contributed by atoms with Crippen LogP contribution in [0.4, 0.5) is 34.9 Å². The van der Waals surface area contributed by atoms with Crippen LogP contribution in [-0.2, 0) is 17.1 Å². The highest BCUT2D eigenvalue weighted by atomic mass is 19.3. The molecule has 2 N–H and O–H groups in total. The lowest BCUT2D eigenvalue weighted by Gasteiger charge is -2.16. The first-order valence-corrected chi connectivity index (χ1v) is 9.77. The van der Waals surface area contributed by atoms with Crippen molar-refractivity contribution in [3.8, 4) is 17.0 Å². The van der Waals surface area contributed by atoms with Crippen LogP contribution >= 0.6 is 0 Å². The topological polar surface area (TPSA) is 102 Å². The minimum absolute atomic E-state index is 0.0947. The van der Waals surface area contributed by atoms with Crippen molar-refractivity contribution in [2.75, 3.05) is 10.6 Å². The number of pyridine rings is 2. The molecule has 3 heterocycles. The lowest BCUT2D eigenvalue weighted by Crippen LogP contribution is -2.15. The summed E-state index contributed by atoms with van der Waals surface area (Å²) >= 11 is 0. The molecule has 0 unspecified atom stereocenters. The Hall–Kier alpha value is -3.83. The number of amides is 1. The summed E-state index contributed by atoms with van der Waals surface area (Å²) < 4.78 is 56.9. The van der Waals surface area contributed by atoms with E-state index in [4.69, 9.17) is 0 Å². The number of carbonyl (C=O) groups is 1. The van der Waals surface area contributed by atoms with E-state index >= 15 is 0 Å². The zero-order valence-electron chi connectivity index (χ0n) is 17.9. The lowest BCUT2D eigenvalue weighted by molar-refractivity contribution is -0.114. The molecular weight excluding hydrogens is 444 g/mol. The summed E-state index contributed by atoms with van der Waals surface area (Å²) in [5.41, 5.74) is 1.45. The Bertz CT molecular complexity index is 1140. The van der Waals surface area contributed by atoms with E-state index in [1.165, 1.54) is 37.4 Å². The Labute approximate surface area is 186 Å². The normalized spacial score (nSPS) is 11.4. The van der Waals surface area contributed by atoms with Crippen LogP contribution in [-0.4, -0.2) is 32.5 Å². The van der Waals surface area contributed by atoms with Crippen molar-refractivity contribution in [3.05, 3.63) is 48.2 Å². The van der Waals surface area contributed by atoms with Crippen LogP contribution in [0.1, 0.15) is 32.3 Å². The van der Waals surface area contributed by atoms with Gasteiger partial charge < -0.3 is 15.4 Å². The summed E-state index contributed by atoms with van der Waals surface area (Å²) in [4.78, 5) is 27.5. The highest BCUT2D eigenvalue weighted by Gasteiger charge is 2.29. The Kier molecular flexibility index (Phi) is 7.04. The molecule has 174 valence electrons. The Balaban J connectivity index is 2.05. The molecule has 0 radical (unpaired) electrons. The van der Waals surface area contributed by atoms with E-state index in [-0.39, 0.29) is 23.3 Å². The molecule has 0 aliphatic rings. The van der Waals surface area contributed by atoms with Gasteiger partial charge in [-0.05, 0) is 18.6 Å². The van der Waals surface area contributed by atoms with Crippen molar-refractivity contribution in [1.29, 1.82) is 0 Å². The fourth-order valence-electron chi connectivity index (χ4n) is 2.80. The summed E-state index contributed by atoms with van der Waals surface area (Å²) in [5.74, 6) is -4.12. The molecule has 0 saturated carbocycles. The second-order valence-electron chi connectivity index (χ2n) is 6.99. The van der Waals surface area contributed by atoms with E-state index in [2.05, 4.69) is 35.3 Å². The average Bonchev–Trinajstić information content (AvgIpc) is 2.73. The second kappa shape index (κ2) is 9.76.